The quantitative estimate of drug-likeness (QED) is 0.243. The zero-order valence-corrected chi connectivity index (χ0v) is 11.0. The minimum Gasteiger partial charge on any atom is -0.211 e. The number of nitrogens with zero attached hydrogens (tertiary/aromatic N) is 1. The molecular weight excluding hydrogens is 198 g/mol. The van der Waals surface area contributed by atoms with Crippen molar-refractivity contribution in [1.29, 1.82) is 0 Å². The first-order chi connectivity index (χ1) is 7.83. The van der Waals surface area contributed by atoms with Crippen molar-refractivity contribution in [2.75, 3.05) is 6.54 Å². The molecule has 2 heteroatoms. The van der Waals surface area contributed by atoms with Gasteiger partial charge in [0.2, 0.25) is 6.08 Å². The molecule has 0 aliphatic heterocycles. The number of allylic oxidation sites excluding steroid dienone is 1. The van der Waals surface area contributed by atoms with Crippen molar-refractivity contribution in [3.8, 4) is 0 Å². The van der Waals surface area contributed by atoms with E-state index in [9.17, 15) is 4.79 Å². The summed E-state index contributed by atoms with van der Waals surface area (Å²) in [6.45, 7) is 8.15. The van der Waals surface area contributed by atoms with Gasteiger partial charge in [-0.3, -0.25) is 0 Å². The Labute approximate surface area is 101 Å². The lowest BCUT2D eigenvalue weighted by Gasteiger charge is -1.98. The second-order valence-corrected chi connectivity index (χ2v) is 3.86. The van der Waals surface area contributed by atoms with Crippen molar-refractivity contribution in [1.82, 2.24) is 0 Å². The fourth-order valence-electron chi connectivity index (χ4n) is 1.37. The molecule has 0 amide bonds. The van der Waals surface area contributed by atoms with E-state index in [2.05, 4.69) is 18.5 Å². The average molecular weight is 225 g/mol. The van der Waals surface area contributed by atoms with Crippen LogP contribution in [0.15, 0.2) is 17.6 Å². The summed E-state index contributed by atoms with van der Waals surface area (Å²) in [6, 6.07) is 0. The van der Waals surface area contributed by atoms with Crippen LogP contribution >= 0.6 is 0 Å². The highest BCUT2D eigenvalue weighted by atomic mass is 16.1. The molecule has 0 aromatic rings. The average Bonchev–Trinajstić information content (AvgIpc) is 2.28. The summed E-state index contributed by atoms with van der Waals surface area (Å²) >= 11 is 0. The molecule has 2 nitrogen and oxygen atoms in total. The lowest BCUT2D eigenvalue weighted by atomic mass is 10.1. The molecule has 0 rings (SSSR count). The van der Waals surface area contributed by atoms with Gasteiger partial charge in [0.05, 0.1) is 6.54 Å². The molecule has 0 bridgehead atoms. The molecule has 0 atom stereocenters. The highest BCUT2D eigenvalue weighted by Crippen LogP contribution is 2.07. The van der Waals surface area contributed by atoms with Crippen LogP contribution in [0.1, 0.15) is 65.2 Å². The Morgan fingerprint density at radius 3 is 1.94 bits per heavy atom. The molecule has 0 spiro atoms. The predicted molar refractivity (Wildman–Crippen MR) is 71.5 cm³/mol. The molecule has 0 saturated carbocycles. The molecule has 16 heavy (non-hydrogen) atoms. The minimum absolute atomic E-state index is 0.665. The van der Waals surface area contributed by atoms with Crippen molar-refractivity contribution in [2.24, 2.45) is 4.99 Å². The summed E-state index contributed by atoms with van der Waals surface area (Å²) < 4.78 is 0. The summed E-state index contributed by atoms with van der Waals surface area (Å²) in [7, 11) is 0. The molecule has 0 aromatic heterocycles. The minimum atomic E-state index is 0.665. The van der Waals surface area contributed by atoms with Crippen LogP contribution in [0.2, 0.25) is 0 Å². The van der Waals surface area contributed by atoms with E-state index in [-0.39, 0.29) is 0 Å². The Morgan fingerprint density at radius 1 is 1.06 bits per heavy atom. The van der Waals surface area contributed by atoms with Crippen LogP contribution < -0.4 is 0 Å². The van der Waals surface area contributed by atoms with Gasteiger partial charge in [-0.05, 0) is 13.3 Å². The van der Waals surface area contributed by atoms with Gasteiger partial charge >= 0.3 is 0 Å². The van der Waals surface area contributed by atoms with Gasteiger partial charge in [0, 0.05) is 0 Å². The van der Waals surface area contributed by atoms with Gasteiger partial charge in [0.15, 0.2) is 0 Å². The summed E-state index contributed by atoms with van der Waals surface area (Å²) in [4.78, 5) is 13.2. The van der Waals surface area contributed by atoms with E-state index in [0.29, 0.717) is 6.54 Å². The van der Waals surface area contributed by atoms with Crippen LogP contribution in [-0.2, 0) is 4.79 Å². The van der Waals surface area contributed by atoms with E-state index in [1.807, 2.05) is 6.92 Å². The summed E-state index contributed by atoms with van der Waals surface area (Å²) in [5.74, 6) is 0. The van der Waals surface area contributed by atoms with Gasteiger partial charge in [0.1, 0.15) is 0 Å². The molecule has 0 N–H and O–H groups in total. The molecule has 0 aromatic carbocycles. The van der Waals surface area contributed by atoms with Crippen LogP contribution in [0.4, 0.5) is 0 Å². The zero-order valence-electron chi connectivity index (χ0n) is 11.0. The number of aliphatic imine (C=N–C) groups is 1. The van der Waals surface area contributed by atoms with E-state index >= 15 is 0 Å². The first-order valence-electron chi connectivity index (χ1n) is 6.44. The zero-order chi connectivity index (χ0) is 12.5. The lowest BCUT2D eigenvalue weighted by Crippen LogP contribution is -1.83. The third-order valence-electron chi connectivity index (χ3n) is 2.19. The largest absolute Gasteiger partial charge is 0.234 e. The lowest BCUT2D eigenvalue weighted by molar-refractivity contribution is 0.558. The SMILES string of the molecule is C=CC.CCCCCCCCCCN=C=O. The predicted octanol–water partition coefficient (Wildman–Crippen LogP) is 4.66. The van der Waals surface area contributed by atoms with Gasteiger partial charge < -0.3 is 0 Å². The van der Waals surface area contributed by atoms with Crippen LogP contribution in [0, 0.1) is 0 Å². The molecule has 0 saturated heterocycles. The van der Waals surface area contributed by atoms with Crippen LogP contribution in [0.3, 0.4) is 0 Å². The van der Waals surface area contributed by atoms with Gasteiger partial charge in [-0.25, -0.2) is 9.79 Å². The van der Waals surface area contributed by atoms with Crippen LogP contribution in [0.5, 0.6) is 0 Å². The number of isocyanates is 1. The first kappa shape index (κ1) is 17.5. The van der Waals surface area contributed by atoms with Gasteiger partial charge in [-0.2, -0.15) is 0 Å². The topological polar surface area (TPSA) is 29.4 Å². The number of hydrogen-bond acceptors (Lipinski definition) is 2. The van der Waals surface area contributed by atoms with Crippen LogP contribution in [0.25, 0.3) is 0 Å². The Morgan fingerprint density at radius 2 is 1.50 bits per heavy atom. The van der Waals surface area contributed by atoms with Crippen LogP contribution in [-0.4, -0.2) is 12.6 Å². The molecule has 0 fully saturated rings. The molecule has 0 heterocycles. The normalized spacial score (nSPS) is 8.62. The number of rotatable bonds is 9. The Bertz CT molecular complexity index is 172. The first-order valence-corrected chi connectivity index (χ1v) is 6.44. The smallest absolute Gasteiger partial charge is 0.211 e. The Hall–Kier alpha value is -0.880. The van der Waals surface area contributed by atoms with Gasteiger partial charge in [-0.1, -0.05) is 57.9 Å². The molecular formula is C14H27NO. The van der Waals surface area contributed by atoms with E-state index in [0.717, 1.165) is 6.42 Å². The maximum absolute atomic E-state index is 9.72. The fraction of sp³-hybridized carbons (Fsp3) is 0.786. The van der Waals surface area contributed by atoms with Crippen molar-refractivity contribution in [3.05, 3.63) is 12.7 Å². The molecule has 0 aliphatic carbocycles. The summed E-state index contributed by atoms with van der Waals surface area (Å²) in [5.41, 5.74) is 0. The highest BCUT2D eigenvalue weighted by molar-refractivity contribution is 5.32. The van der Waals surface area contributed by atoms with Crippen molar-refractivity contribution >= 4 is 6.08 Å². The summed E-state index contributed by atoms with van der Waals surface area (Å²) in [5, 5.41) is 0. The van der Waals surface area contributed by atoms with Gasteiger partial charge in [0.25, 0.3) is 0 Å². The molecule has 0 radical (unpaired) electrons. The standard InChI is InChI=1S/C11H21NO.C3H6/c1-2-3-4-5-6-7-8-9-10-12-11-13;1-3-2/h2-10H2,1H3;3H,1H2,2H3. The maximum atomic E-state index is 9.72. The summed E-state index contributed by atoms with van der Waals surface area (Å²) in [6.07, 6.45) is 13.6. The van der Waals surface area contributed by atoms with Crippen molar-refractivity contribution < 1.29 is 4.79 Å². The van der Waals surface area contributed by atoms with E-state index < -0.39 is 0 Å². The second-order valence-electron chi connectivity index (χ2n) is 3.86. The van der Waals surface area contributed by atoms with Crippen molar-refractivity contribution in [3.63, 3.8) is 0 Å². The fourth-order valence-corrected chi connectivity index (χ4v) is 1.37. The molecule has 0 unspecified atom stereocenters. The second kappa shape index (κ2) is 19.7. The molecule has 94 valence electrons. The maximum Gasteiger partial charge on any atom is 0.234 e. The molecule has 0 aliphatic rings. The highest BCUT2D eigenvalue weighted by Gasteiger charge is 1.90. The Kier molecular flexibility index (Phi) is 21.5. The van der Waals surface area contributed by atoms with E-state index in [1.54, 1.807) is 12.2 Å². The van der Waals surface area contributed by atoms with Gasteiger partial charge in [-0.15, -0.1) is 6.58 Å². The Balaban J connectivity index is 0. The number of unbranched alkanes of at least 4 members (excludes halogenated alkanes) is 7. The third kappa shape index (κ3) is 23.2. The van der Waals surface area contributed by atoms with E-state index in [1.165, 1.54) is 44.9 Å². The number of hydrogen-bond donors (Lipinski definition) is 0. The number of carbonyl (C=O) groups excluding carboxylic acids is 1. The monoisotopic (exact) mass is 225 g/mol. The van der Waals surface area contributed by atoms with E-state index in [4.69, 9.17) is 0 Å². The third-order valence-corrected chi connectivity index (χ3v) is 2.19. The van der Waals surface area contributed by atoms with Crippen molar-refractivity contribution in [2.45, 2.75) is 65.2 Å².